The lowest BCUT2D eigenvalue weighted by molar-refractivity contribution is 0.108. The molecule has 0 spiro atoms. The van der Waals surface area contributed by atoms with Crippen LogP contribution in [0.25, 0.3) is 0 Å². The molecule has 2 nitrogen and oxygen atoms in total. The average molecular weight is 329 g/mol. The Morgan fingerprint density at radius 1 is 0.864 bits per heavy atom. The lowest BCUT2D eigenvalue weighted by Gasteiger charge is -2.29. The third kappa shape index (κ3) is 11.4. The molecule has 0 aromatic heterocycles. The molecule has 0 aromatic carbocycles. The Morgan fingerprint density at radius 3 is 2.09 bits per heavy atom. The molecule has 0 aliphatic heterocycles. The van der Waals surface area contributed by atoms with Crippen LogP contribution in [0, 0.1) is 0 Å². The molecular formula is C19H40O2Si. The van der Waals surface area contributed by atoms with E-state index in [1.54, 1.807) is 0 Å². The second-order valence-corrected chi connectivity index (χ2v) is 9.47. The molecule has 0 N–H and O–H groups in total. The van der Waals surface area contributed by atoms with Crippen LogP contribution >= 0.6 is 0 Å². The van der Waals surface area contributed by atoms with Crippen molar-refractivity contribution in [1.82, 2.24) is 0 Å². The molecule has 0 rings (SSSR count). The largest absolute Gasteiger partial charge is 0.391 e. The maximum atomic E-state index is 6.37. The molecule has 0 fully saturated rings. The molecule has 0 saturated carbocycles. The van der Waals surface area contributed by atoms with Gasteiger partial charge in [-0.05, 0) is 31.5 Å². The summed E-state index contributed by atoms with van der Waals surface area (Å²) in [6, 6.07) is 0. The summed E-state index contributed by atoms with van der Waals surface area (Å²) in [6.45, 7) is 13.7. The standard InChI is InChI=1S/C19H40O2Si/c1-6-10-12-13-14-15-18-20-22(5,9-4)21-19(16-8-3)17-11-7-2/h9,19H,4,6-8,10-18H2,1-3,5H3. The Morgan fingerprint density at radius 2 is 1.50 bits per heavy atom. The summed E-state index contributed by atoms with van der Waals surface area (Å²) in [5.74, 6) is 0. The normalized spacial score (nSPS) is 15.5. The Bertz CT molecular complexity index is 258. The fourth-order valence-corrected chi connectivity index (χ4v) is 4.37. The molecule has 0 aliphatic rings. The summed E-state index contributed by atoms with van der Waals surface area (Å²) in [7, 11) is -2.19. The van der Waals surface area contributed by atoms with E-state index in [0.29, 0.717) is 6.10 Å². The molecule has 0 amide bonds. The van der Waals surface area contributed by atoms with Crippen LogP contribution < -0.4 is 0 Å². The maximum absolute atomic E-state index is 6.37. The molecule has 2 unspecified atom stereocenters. The molecule has 2 atom stereocenters. The smallest absolute Gasteiger partial charge is 0.361 e. The Balaban J connectivity index is 4.05. The zero-order valence-corrected chi connectivity index (χ0v) is 16.7. The van der Waals surface area contributed by atoms with Gasteiger partial charge in [-0.15, -0.1) is 6.58 Å². The van der Waals surface area contributed by atoms with Crippen LogP contribution in [0.1, 0.15) is 91.4 Å². The molecule has 0 aliphatic carbocycles. The summed E-state index contributed by atoms with van der Waals surface area (Å²) in [5, 5.41) is 0. The van der Waals surface area contributed by atoms with Crippen LogP contribution in [0.15, 0.2) is 12.3 Å². The molecule has 132 valence electrons. The molecule has 0 bridgehead atoms. The van der Waals surface area contributed by atoms with Crippen molar-refractivity contribution in [3.8, 4) is 0 Å². The van der Waals surface area contributed by atoms with E-state index in [1.165, 1.54) is 51.4 Å². The van der Waals surface area contributed by atoms with Crippen LogP contribution in [0.5, 0.6) is 0 Å². The van der Waals surface area contributed by atoms with Crippen molar-refractivity contribution in [2.45, 2.75) is 104 Å². The number of unbranched alkanes of at least 4 members (excludes halogenated alkanes) is 6. The van der Waals surface area contributed by atoms with Crippen LogP contribution in [-0.2, 0) is 8.85 Å². The van der Waals surface area contributed by atoms with E-state index >= 15 is 0 Å². The third-order valence-electron chi connectivity index (χ3n) is 4.15. The van der Waals surface area contributed by atoms with E-state index in [0.717, 1.165) is 25.9 Å². The summed E-state index contributed by atoms with van der Waals surface area (Å²) in [5.41, 5.74) is 1.96. The van der Waals surface area contributed by atoms with Gasteiger partial charge in [0.2, 0.25) is 0 Å². The Hall–Kier alpha value is -0.123. The van der Waals surface area contributed by atoms with Gasteiger partial charge >= 0.3 is 8.56 Å². The molecule has 0 radical (unpaired) electrons. The minimum Gasteiger partial charge on any atom is -0.391 e. The van der Waals surface area contributed by atoms with Gasteiger partial charge < -0.3 is 8.85 Å². The monoisotopic (exact) mass is 328 g/mol. The van der Waals surface area contributed by atoms with E-state index < -0.39 is 8.56 Å². The van der Waals surface area contributed by atoms with Gasteiger partial charge in [-0.2, -0.15) is 0 Å². The fraction of sp³-hybridized carbons (Fsp3) is 0.895. The van der Waals surface area contributed by atoms with Crippen molar-refractivity contribution >= 4 is 8.56 Å². The molecule has 0 aromatic rings. The van der Waals surface area contributed by atoms with Crippen molar-refractivity contribution in [2.75, 3.05) is 6.61 Å². The highest BCUT2D eigenvalue weighted by Crippen LogP contribution is 2.19. The van der Waals surface area contributed by atoms with Gasteiger partial charge in [0.25, 0.3) is 0 Å². The van der Waals surface area contributed by atoms with Gasteiger partial charge in [0, 0.05) is 12.7 Å². The molecular weight excluding hydrogens is 288 g/mol. The number of hydrogen-bond acceptors (Lipinski definition) is 2. The van der Waals surface area contributed by atoms with Crippen molar-refractivity contribution < 1.29 is 8.85 Å². The predicted molar refractivity (Wildman–Crippen MR) is 100 cm³/mol. The predicted octanol–water partition coefficient (Wildman–Crippen LogP) is 6.54. The second-order valence-electron chi connectivity index (χ2n) is 6.51. The first-order valence-electron chi connectivity index (χ1n) is 9.57. The van der Waals surface area contributed by atoms with E-state index in [-0.39, 0.29) is 0 Å². The highest BCUT2D eigenvalue weighted by Gasteiger charge is 2.30. The van der Waals surface area contributed by atoms with Crippen molar-refractivity contribution in [3.05, 3.63) is 12.3 Å². The maximum Gasteiger partial charge on any atom is 0.361 e. The zero-order valence-electron chi connectivity index (χ0n) is 15.7. The first-order valence-corrected chi connectivity index (χ1v) is 12.0. The summed E-state index contributed by atoms with van der Waals surface area (Å²) < 4.78 is 12.5. The van der Waals surface area contributed by atoms with Crippen molar-refractivity contribution in [3.63, 3.8) is 0 Å². The lowest BCUT2D eigenvalue weighted by atomic mass is 10.1. The SMILES string of the molecule is C=C[Si](C)(OCCCCCCCC)OC(CCC)CCCC. The quantitative estimate of drug-likeness (QED) is 0.237. The lowest BCUT2D eigenvalue weighted by Crippen LogP contribution is -2.41. The third-order valence-corrected chi connectivity index (χ3v) is 6.47. The van der Waals surface area contributed by atoms with Gasteiger partial charge in [-0.3, -0.25) is 0 Å². The van der Waals surface area contributed by atoms with E-state index in [2.05, 4.69) is 33.9 Å². The Labute approximate surface area is 140 Å². The van der Waals surface area contributed by atoms with Crippen LogP contribution in [-0.4, -0.2) is 21.3 Å². The number of rotatable bonds is 16. The van der Waals surface area contributed by atoms with E-state index in [1.807, 2.05) is 5.70 Å². The van der Waals surface area contributed by atoms with Gasteiger partial charge in [0.05, 0.1) is 0 Å². The van der Waals surface area contributed by atoms with Gasteiger partial charge in [-0.1, -0.05) is 72.1 Å². The van der Waals surface area contributed by atoms with E-state index in [4.69, 9.17) is 8.85 Å². The van der Waals surface area contributed by atoms with Crippen LogP contribution in [0.3, 0.4) is 0 Å². The first kappa shape index (κ1) is 21.9. The highest BCUT2D eigenvalue weighted by atomic mass is 28.4. The second kappa shape index (κ2) is 14.5. The highest BCUT2D eigenvalue weighted by molar-refractivity contribution is 6.71. The topological polar surface area (TPSA) is 18.5 Å². The summed E-state index contributed by atoms with van der Waals surface area (Å²) >= 11 is 0. The van der Waals surface area contributed by atoms with Gasteiger partial charge in [0.15, 0.2) is 0 Å². The van der Waals surface area contributed by atoms with Crippen LogP contribution in [0.2, 0.25) is 6.55 Å². The minimum absolute atomic E-state index is 0.351. The molecule has 3 heteroatoms. The zero-order chi connectivity index (χ0) is 16.7. The fourth-order valence-electron chi connectivity index (χ4n) is 2.65. The molecule has 22 heavy (non-hydrogen) atoms. The average Bonchev–Trinajstić information content (AvgIpc) is 2.52. The van der Waals surface area contributed by atoms with Crippen LogP contribution in [0.4, 0.5) is 0 Å². The summed E-state index contributed by atoms with van der Waals surface area (Å²) in [6.07, 6.45) is 14.1. The summed E-state index contributed by atoms with van der Waals surface area (Å²) in [4.78, 5) is 0. The Kier molecular flexibility index (Phi) is 14.4. The molecule has 0 heterocycles. The first-order chi connectivity index (χ1) is 10.6. The van der Waals surface area contributed by atoms with Gasteiger partial charge in [-0.25, -0.2) is 0 Å². The number of hydrogen-bond donors (Lipinski definition) is 0. The van der Waals surface area contributed by atoms with Crippen molar-refractivity contribution in [1.29, 1.82) is 0 Å². The minimum atomic E-state index is -2.19. The van der Waals surface area contributed by atoms with E-state index in [9.17, 15) is 0 Å². The molecule has 0 saturated heterocycles. The van der Waals surface area contributed by atoms with Crippen molar-refractivity contribution in [2.24, 2.45) is 0 Å². The van der Waals surface area contributed by atoms with Gasteiger partial charge in [0.1, 0.15) is 0 Å².